The number of carbonyl (C=O) groups excluding carboxylic acids is 3. The Labute approximate surface area is 234 Å². The van der Waals surface area contributed by atoms with Gasteiger partial charge in [-0.05, 0) is 70.9 Å². The number of aromatic nitrogens is 1. The summed E-state index contributed by atoms with van der Waals surface area (Å²) >= 11 is 0. The molecule has 1 rings (SSSR count). The maximum atomic E-state index is 12.3. The molecule has 0 spiro atoms. The average molecular weight is 536 g/mol. The Kier molecular flexibility index (Phi) is 19.0. The molecule has 2 atom stereocenters. The summed E-state index contributed by atoms with van der Waals surface area (Å²) in [7, 11) is 0. The second-order valence-electron chi connectivity index (χ2n) is 9.09. The van der Waals surface area contributed by atoms with E-state index in [0.29, 0.717) is 18.4 Å². The molecule has 0 fully saturated rings. The van der Waals surface area contributed by atoms with Crippen LogP contribution in [0.5, 0.6) is 0 Å². The lowest BCUT2D eigenvalue weighted by Gasteiger charge is -2.18. The standard InChI is InChI=1S/C32H45N3O4/c1-4-5-6-7-8-9-10-11-12-13-14-15-16-17-18-19-20-23-30(36)35-28(3)32(38)39-27(2)25-34-31(37)29-22-21-24-33-26-29/h5-6,8-9,11-12,14-15,17-18,21-22,24,26-28H,4,7,10,13,16,19-20,23,25H2,1-3H3,(H,34,37)(H,35,36). The minimum absolute atomic E-state index is 0.160. The lowest BCUT2D eigenvalue weighted by molar-refractivity contribution is -0.151. The van der Waals surface area contributed by atoms with Gasteiger partial charge in [-0.25, -0.2) is 4.79 Å². The molecule has 1 aromatic heterocycles. The molecule has 212 valence electrons. The Balaban J connectivity index is 2.10. The number of amides is 2. The van der Waals surface area contributed by atoms with Gasteiger partial charge in [-0.15, -0.1) is 0 Å². The molecule has 0 saturated heterocycles. The summed E-state index contributed by atoms with van der Waals surface area (Å²) < 4.78 is 5.33. The molecule has 0 aromatic carbocycles. The van der Waals surface area contributed by atoms with Crippen LogP contribution < -0.4 is 10.6 Å². The normalized spacial score (nSPS) is 13.5. The third-order valence-corrected chi connectivity index (χ3v) is 5.45. The van der Waals surface area contributed by atoms with Gasteiger partial charge in [-0.2, -0.15) is 0 Å². The molecule has 1 heterocycles. The van der Waals surface area contributed by atoms with Crippen LogP contribution in [0.15, 0.2) is 85.3 Å². The van der Waals surface area contributed by atoms with E-state index in [1.807, 2.05) is 0 Å². The predicted octanol–water partition coefficient (Wildman–Crippen LogP) is 6.17. The maximum Gasteiger partial charge on any atom is 0.328 e. The zero-order chi connectivity index (χ0) is 28.6. The van der Waals surface area contributed by atoms with Crippen molar-refractivity contribution in [1.29, 1.82) is 0 Å². The number of unbranched alkanes of at least 4 members (excludes halogenated alkanes) is 1. The van der Waals surface area contributed by atoms with Crippen LogP contribution in [0.1, 0.15) is 82.5 Å². The van der Waals surface area contributed by atoms with Gasteiger partial charge in [0.25, 0.3) is 5.91 Å². The number of pyridine rings is 1. The van der Waals surface area contributed by atoms with Crippen molar-refractivity contribution in [3.8, 4) is 0 Å². The third kappa shape index (κ3) is 18.2. The number of hydrogen-bond acceptors (Lipinski definition) is 5. The molecule has 2 N–H and O–H groups in total. The maximum absolute atomic E-state index is 12.3. The highest BCUT2D eigenvalue weighted by Gasteiger charge is 2.19. The number of allylic oxidation sites excluding steroid dienone is 10. The first-order valence-electron chi connectivity index (χ1n) is 13.9. The summed E-state index contributed by atoms with van der Waals surface area (Å²) in [6.45, 7) is 5.57. The van der Waals surface area contributed by atoms with Gasteiger partial charge < -0.3 is 15.4 Å². The largest absolute Gasteiger partial charge is 0.459 e. The summed E-state index contributed by atoms with van der Waals surface area (Å²) in [6, 6.07) is 2.56. The number of rotatable bonds is 19. The highest BCUT2D eigenvalue weighted by atomic mass is 16.5. The third-order valence-electron chi connectivity index (χ3n) is 5.45. The fourth-order valence-electron chi connectivity index (χ4n) is 3.30. The SMILES string of the molecule is CCC=CCC=CCC=CCC=CCC=CCCCC(=O)NC(C)C(=O)OC(C)CNC(=O)c1cccnc1. The van der Waals surface area contributed by atoms with Crippen molar-refractivity contribution in [2.45, 2.75) is 84.3 Å². The molecule has 0 bridgehead atoms. The first kappa shape index (κ1) is 33.3. The van der Waals surface area contributed by atoms with Crippen molar-refractivity contribution in [3.05, 3.63) is 90.9 Å². The van der Waals surface area contributed by atoms with Crippen LogP contribution >= 0.6 is 0 Å². The first-order valence-corrected chi connectivity index (χ1v) is 13.9. The molecular weight excluding hydrogens is 490 g/mol. The molecule has 0 aliphatic heterocycles. The van der Waals surface area contributed by atoms with Gasteiger partial charge in [0.1, 0.15) is 12.1 Å². The molecule has 1 aromatic rings. The summed E-state index contributed by atoms with van der Waals surface area (Å²) in [6.07, 6.45) is 30.8. The summed E-state index contributed by atoms with van der Waals surface area (Å²) in [4.78, 5) is 40.3. The van der Waals surface area contributed by atoms with Gasteiger partial charge >= 0.3 is 5.97 Å². The van der Waals surface area contributed by atoms with Crippen LogP contribution in [-0.4, -0.2) is 41.5 Å². The lowest BCUT2D eigenvalue weighted by Crippen LogP contribution is -2.42. The second-order valence-corrected chi connectivity index (χ2v) is 9.09. The van der Waals surface area contributed by atoms with Crippen LogP contribution in [0.25, 0.3) is 0 Å². The molecular formula is C32H45N3O4. The van der Waals surface area contributed by atoms with Crippen LogP contribution in [0, 0.1) is 0 Å². The van der Waals surface area contributed by atoms with Gasteiger partial charge in [-0.3, -0.25) is 14.6 Å². The van der Waals surface area contributed by atoms with Gasteiger partial charge in [-0.1, -0.05) is 67.7 Å². The van der Waals surface area contributed by atoms with E-state index in [1.165, 1.54) is 6.20 Å². The summed E-state index contributed by atoms with van der Waals surface area (Å²) in [5.41, 5.74) is 0.432. The smallest absolute Gasteiger partial charge is 0.328 e. The topological polar surface area (TPSA) is 97.4 Å². The van der Waals surface area contributed by atoms with E-state index in [-0.39, 0.29) is 18.4 Å². The van der Waals surface area contributed by atoms with Crippen molar-refractivity contribution < 1.29 is 19.1 Å². The van der Waals surface area contributed by atoms with E-state index in [9.17, 15) is 14.4 Å². The molecule has 39 heavy (non-hydrogen) atoms. The Morgan fingerprint density at radius 1 is 0.897 bits per heavy atom. The Morgan fingerprint density at radius 2 is 1.49 bits per heavy atom. The van der Waals surface area contributed by atoms with E-state index in [4.69, 9.17) is 4.74 Å². The predicted molar refractivity (Wildman–Crippen MR) is 158 cm³/mol. The number of ether oxygens (including phenoxy) is 1. The molecule has 2 amide bonds. The molecule has 7 nitrogen and oxygen atoms in total. The van der Waals surface area contributed by atoms with Crippen LogP contribution in [-0.2, 0) is 14.3 Å². The first-order chi connectivity index (χ1) is 18.9. The lowest BCUT2D eigenvalue weighted by atomic mass is 10.2. The van der Waals surface area contributed by atoms with Gasteiger partial charge in [0.2, 0.25) is 5.91 Å². The van der Waals surface area contributed by atoms with Gasteiger partial charge in [0.15, 0.2) is 0 Å². The zero-order valence-corrected chi connectivity index (χ0v) is 23.7. The minimum Gasteiger partial charge on any atom is -0.459 e. The van der Waals surface area contributed by atoms with Crippen molar-refractivity contribution in [3.63, 3.8) is 0 Å². The molecule has 2 unspecified atom stereocenters. The second kappa shape index (κ2) is 22.3. The minimum atomic E-state index is -0.761. The Hall–Kier alpha value is -3.74. The summed E-state index contributed by atoms with van der Waals surface area (Å²) in [5.74, 6) is -1.02. The molecule has 7 heteroatoms. The number of nitrogens with one attached hydrogen (secondary N) is 2. The number of carbonyl (C=O) groups is 3. The summed E-state index contributed by atoms with van der Waals surface area (Å²) in [5, 5.41) is 5.37. The van der Waals surface area contributed by atoms with E-state index < -0.39 is 18.1 Å². The van der Waals surface area contributed by atoms with Crippen molar-refractivity contribution in [1.82, 2.24) is 15.6 Å². The number of hydrogen-bond donors (Lipinski definition) is 2. The molecule has 0 saturated carbocycles. The van der Waals surface area contributed by atoms with E-state index in [2.05, 4.69) is 83.3 Å². The van der Waals surface area contributed by atoms with Crippen molar-refractivity contribution in [2.24, 2.45) is 0 Å². The van der Waals surface area contributed by atoms with E-state index in [1.54, 1.807) is 32.2 Å². The Morgan fingerprint density at radius 3 is 2.05 bits per heavy atom. The monoisotopic (exact) mass is 535 g/mol. The van der Waals surface area contributed by atoms with Crippen molar-refractivity contribution >= 4 is 17.8 Å². The van der Waals surface area contributed by atoms with Crippen LogP contribution in [0.2, 0.25) is 0 Å². The van der Waals surface area contributed by atoms with E-state index >= 15 is 0 Å². The number of nitrogens with zero attached hydrogens (tertiary/aromatic N) is 1. The average Bonchev–Trinajstić information content (AvgIpc) is 2.93. The van der Waals surface area contributed by atoms with Crippen molar-refractivity contribution in [2.75, 3.05) is 6.54 Å². The fourth-order valence-corrected chi connectivity index (χ4v) is 3.30. The van der Waals surface area contributed by atoms with Crippen LogP contribution in [0.4, 0.5) is 0 Å². The quantitative estimate of drug-likeness (QED) is 0.125. The Bertz CT molecular complexity index is 980. The highest BCUT2D eigenvalue weighted by molar-refractivity contribution is 5.93. The van der Waals surface area contributed by atoms with E-state index in [0.717, 1.165) is 38.5 Å². The van der Waals surface area contributed by atoms with Crippen LogP contribution in [0.3, 0.4) is 0 Å². The highest BCUT2D eigenvalue weighted by Crippen LogP contribution is 2.02. The molecule has 0 aliphatic rings. The van der Waals surface area contributed by atoms with Gasteiger partial charge in [0.05, 0.1) is 12.1 Å². The number of esters is 1. The molecule has 0 radical (unpaired) electrons. The van der Waals surface area contributed by atoms with Gasteiger partial charge in [0, 0.05) is 18.8 Å². The zero-order valence-electron chi connectivity index (χ0n) is 23.7. The molecule has 0 aliphatic carbocycles. The fraction of sp³-hybridized carbons (Fsp3) is 0.438.